The molecule has 0 amide bonds. The highest BCUT2D eigenvalue weighted by Crippen LogP contribution is 2.64. The van der Waals surface area contributed by atoms with E-state index in [0.29, 0.717) is 0 Å². The third-order valence-electron chi connectivity index (χ3n) is 12.8. The molecule has 0 fully saturated rings. The van der Waals surface area contributed by atoms with Crippen molar-refractivity contribution in [3.05, 3.63) is 227 Å². The molecule has 1 unspecified atom stereocenters. The third-order valence-corrected chi connectivity index (χ3v) is 12.8. The van der Waals surface area contributed by atoms with Crippen molar-refractivity contribution in [2.24, 2.45) is 0 Å². The molecule has 1 aliphatic heterocycles. The van der Waals surface area contributed by atoms with E-state index in [4.69, 9.17) is 4.74 Å². The number of ether oxygens (including phenoxy) is 1. The first-order chi connectivity index (χ1) is 26.7. The minimum atomic E-state index is -0.540. The van der Waals surface area contributed by atoms with Crippen molar-refractivity contribution in [3.63, 3.8) is 0 Å². The molecule has 0 radical (unpaired) electrons. The van der Waals surface area contributed by atoms with E-state index in [1.54, 1.807) is 0 Å². The molecule has 0 aromatic heterocycles. The molecular formula is C53H34O. The van der Waals surface area contributed by atoms with E-state index in [2.05, 4.69) is 195 Å². The van der Waals surface area contributed by atoms with Gasteiger partial charge in [-0.3, -0.25) is 0 Å². The summed E-state index contributed by atoms with van der Waals surface area (Å²) in [6.07, 6.45) is 0. The zero-order chi connectivity index (χ0) is 35.6. The van der Waals surface area contributed by atoms with E-state index in [1.165, 1.54) is 88.5 Å². The quantitative estimate of drug-likeness (QED) is 0.176. The van der Waals surface area contributed by atoms with Crippen LogP contribution in [0.1, 0.15) is 45.9 Å². The maximum absolute atomic E-state index is 7.04. The van der Waals surface area contributed by atoms with E-state index in [1.807, 2.05) is 0 Å². The molecular weight excluding hydrogens is 653 g/mol. The summed E-state index contributed by atoms with van der Waals surface area (Å²) in [7, 11) is 0. The van der Waals surface area contributed by atoms with Crippen molar-refractivity contribution in [1.82, 2.24) is 0 Å². The minimum absolute atomic E-state index is 0.331. The van der Waals surface area contributed by atoms with Crippen LogP contribution in [0.4, 0.5) is 0 Å². The number of fused-ring (bicyclic) bond motifs is 15. The Bertz CT molecular complexity index is 3000. The lowest BCUT2D eigenvalue weighted by atomic mass is 9.65. The number of para-hydroxylation sites is 1. The van der Waals surface area contributed by atoms with Crippen LogP contribution in [0.3, 0.4) is 0 Å². The van der Waals surface area contributed by atoms with Gasteiger partial charge in [-0.15, -0.1) is 0 Å². The van der Waals surface area contributed by atoms with Gasteiger partial charge in [-0.25, -0.2) is 0 Å². The second-order valence-electron chi connectivity index (χ2n) is 15.3. The fourth-order valence-corrected chi connectivity index (χ4v) is 10.4. The van der Waals surface area contributed by atoms with Crippen LogP contribution in [-0.4, -0.2) is 0 Å². The molecule has 3 aliphatic rings. The van der Waals surface area contributed by atoms with Crippen molar-refractivity contribution in [2.75, 3.05) is 0 Å². The van der Waals surface area contributed by atoms with Crippen LogP contribution in [0.25, 0.3) is 54.9 Å². The molecule has 1 spiro atoms. The molecule has 2 aliphatic carbocycles. The standard InChI is InChI=1S/C53H34O/c1-52(36-17-3-2-4-18-36)47-31-35(27-28-40(47)43-29-33-15-5-6-16-34(33)30-48(43)52)42-32-49-51(41-22-8-7-19-37(41)42)54-50-26-14-13-25-46(50)53(49)44-23-11-9-20-38(44)39-21-10-12-24-45(39)53/h2-32H,1H3. The molecule has 12 rings (SSSR count). The summed E-state index contributed by atoms with van der Waals surface area (Å²) < 4.78 is 7.04. The van der Waals surface area contributed by atoms with Gasteiger partial charge >= 0.3 is 0 Å². The summed E-state index contributed by atoms with van der Waals surface area (Å²) in [6.45, 7) is 2.42. The molecule has 0 N–H and O–H groups in total. The Hall–Kier alpha value is -6.70. The lowest BCUT2D eigenvalue weighted by molar-refractivity contribution is 0.442. The number of benzene rings is 9. The van der Waals surface area contributed by atoms with Gasteiger partial charge in [0, 0.05) is 21.9 Å². The molecule has 0 saturated heterocycles. The zero-order valence-corrected chi connectivity index (χ0v) is 29.8. The number of hydrogen-bond acceptors (Lipinski definition) is 1. The van der Waals surface area contributed by atoms with E-state index in [9.17, 15) is 0 Å². The fourth-order valence-electron chi connectivity index (χ4n) is 10.4. The summed E-state index contributed by atoms with van der Waals surface area (Å²) >= 11 is 0. The van der Waals surface area contributed by atoms with Gasteiger partial charge in [-0.05, 0) is 115 Å². The summed E-state index contributed by atoms with van der Waals surface area (Å²) in [5.74, 6) is 1.85. The molecule has 1 heteroatoms. The lowest BCUT2D eigenvalue weighted by Crippen LogP contribution is -2.32. The third kappa shape index (κ3) is 3.69. The molecule has 252 valence electrons. The van der Waals surface area contributed by atoms with Gasteiger partial charge in [0.1, 0.15) is 11.5 Å². The summed E-state index contributed by atoms with van der Waals surface area (Å²) in [5.41, 5.74) is 15.7. The first-order valence-corrected chi connectivity index (χ1v) is 18.9. The Morgan fingerprint density at radius 2 is 0.944 bits per heavy atom. The smallest absolute Gasteiger partial charge is 0.140 e. The van der Waals surface area contributed by atoms with Crippen molar-refractivity contribution in [3.8, 4) is 44.9 Å². The molecule has 1 atom stereocenters. The Morgan fingerprint density at radius 3 is 1.70 bits per heavy atom. The van der Waals surface area contributed by atoms with Crippen molar-refractivity contribution in [1.29, 1.82) is 0 Å². The van der Waals surface area contributed by atoms with E-state index in [-0.39, 0.29) is 5.41 Å². The Balaban J connectivity index is 1.17. The molecule has 0 bridgehead atoms. The summed E-state index contributed by atoms with van der Waals surface area (Å²) in [6, 6.07) is 69.8. The maximum atomic E-state index is 7.04. The molecule has 54 heavy (non-hydrogen) atoms. The van der Waals surface area contributed by atoms with Crippen LogP contribution in [0.5, 0.6) is 11.5 Å². The second-order valence-corrected chi connectivity index (χ2v) is 15.3. The van der Waals surface area contributed by atoms with Crippen LogP contribution in [0.15, 0.2) is 188 Å². The number of rotatable bonds is 2. The van der Waals surface area contributed by atoms with Crippen LogP contribution < -0.4 is 4.74 Å². The second kappa shape index (κ2) is 10.7. The zero-order valence-electron chi connectivity index (χ0n) is 29.8. The van der Waals surface area contributed by atoms with Gasteiger partial charge in [0.05, 0.1) is 5.41 Å². The molecule has 9 aromatic carbocycles. The highest BCUT2D eigenvalue weighted by Gasteiger charge is 2.51. The maximum Gasteiger partial charge on any atom is 0.140 e. The van der Waals surface area contributed by atoms with Gasteiger partial charge in [0.2, 0.25) is 0 Å². The van der Waals surface area contributed by atoms with Crippen LogP contribution in [0.2, 0.25) is 0 Å². The predicted molar refractivity (Wildman–Crippen MR) is 222 cm³/mol. The first kappa shape index (κ1) is 29.8. The normalized spacial score (nSPS) is 16.6. The van der Waals surface area contributed by atoms with Gasteiger partial charge in [0.15, 0.2) is 0 Å². The lowest BCUT2D eigenvalue weighted by Gasteiger charge is -2.40. The molecule has 0 saturated carbocycles. The molecule has 1 nitrogen and oxygen atoms in total. The highest BCUT2D eigenvalue weighted by atomic mass is 16.5. The minimum Gasteiger partial charge on any atom is -0.456 e. The van der Waals surface area contributed by atoms with E-state index in [0.717, 1.165) is 16.9 Å². The van der Waals surface area contributed by atoms with E-state index >= 15 is 0 Å². The van der Waals surface area contributed by atoms with Gasteiger partial charge < -0.3 is 4.74 Å². The molecule has 9 aromatic rings. The van der Waals surface area contributed by atoms with Crippen molar-refractivity contribution >= 4 is 21.5 Å². The summed E-state index contributed by atoms with van der Waals surface area (Å²) in [5, 5.41) is 4.86. The number of hydrogen-bond donors (Lipinski definition) is 0. The fraction of sp³-hybridized carbons (Fsp3) is 0.0566. The summed E-state index contributed by atoms with van der Waals surface area (Å²) in [4.78, 5) is 0. The van der Waals surface area contributed by atoms with Gasteiger partial charge in [0.25, 0.3) is 0 Å². The Kier molecular flexibility index (Phi) is 5.90. The largest absolute Gasteiger partial charge is 0.456 e. The van der Waals surface area contributed by atoms with Gasteiger partial charge in [-0.1, -0.05) is 158 Å². The first-order valence-electron chi connectivity index (χ1n) is 18.9. The van der Waals surface area contributed by atoms with Crippen LogP contribution >= 0.6 is 0 Å². The van der Waals surface area contributed by atoms with Crippen molar-refractivity contribution in [2.45, 2.75) is 17.8 Å². The topological polar surface area (TPSA) is 9.23 Å². The molecule has 1 heterocycles. The highest BCUT2D eigenvalue weighted by molar-refractivity contribution is 6.05. The van der Waals surface area contributed by atoms with Crippen LogP contribution in [0, 0.1) is 0 Å². The van der Waals surface area contributed by atoms with E-state index < -0.39 is 5.41 Å². The predicted octanol–water partition coefficient (Wildman–Crippen LogP) is 13.5. The van der Waals surface area contributed by atoms with Gasteiger partial charge in [-0.2, -0.15) is 0 Å². The SMILES string of the molecule is CC1(c2ccccc2)c2cc(-c3cc4c(c5ccccc35)Oc3ccccc3C43c4ccccc4-c4ccccc43)ccc2-c2cc3ccccc3cc21. The Labute approximate surface area is 314 Å². The Morgan fingerprint density at radius 1 is 0.370 bits per heavy atom. The average molecular weight is 687 g/mol. The monoisotopic (exact) mass is 686 g/mol. The van der Waals surface area contributed by atoms with Crippen LogP contribution in [-0.2, 0) is 10.8 Å². The average Bonchev–Trinajstić information content (AvgIpc) is 3.67. The van der Waals surface area contributed by atoms with Crippen molar-refractivity contribution < 1.29 is 4.74 Å².